The summed E-state index contributed by atoms with van der Waals surface area (Å²) in [6, 6.07) is 12.1. The van der Waals surface area contributed by atoms with Gasteiger partial charge in [0.05, 0.1) is 4.58 Å². The summed E-state index contributed by atoms with van der Waals surface area (Å²) < 4.78 is 0.395. The SMILES string of the molecule is Oc1ccc2ccccc2c1C1SCCS1. The number of phenolic OH excluding ortho intramolecular Hbond substituents is 1. The molecule has 16 heavy (non-hydrogen) atoms. The van der Waals surface area contributed by atoms with Gasteiger partial charge in [0.2, 0.25) is 0 Å². The van der Waals surface area contributed by atoms with Crippen LogP contribution in [-0.2, 0) is 0 Å². The zero-order chi connectivity index (χ0) is 11.0. The lowest BCUT2D eigenvalue weighted by Gasteiger charge is -2.13. The molecule has 0 atom stereocenters. The molecule has 0 radical (unpaired) electrons. The fourth-order valence-corrected chi connectivity index (χ4v) is 5.05. The summed E-state index contributed by atoms with van der Waals surface area (Å²) in [5, 5.41) is 12.4. The number of hydrogen-bond donors (Lipinski definition) is 1. The van der Waals surface area contributed by atoms with E-state index in [9.17, 15) is 5.11 Å². The van der Waals surface area contributed by atoms with Gasteiger partial charge in [-0.1, -0.05) is 30.3 Å². The average molecular weight is 248 g/mol. The van der Waals surface area contributed by atoms with Gasteiger partial charge in [-0.15, -0.1) is 23.5 Å². The molecule has 2 aromatic rings. The van der Waals surface area contributed by atoms with Gasteiger partial charge in [-0.05, 0) is 16.8 Å². The fourth-order valence-electron chi connectivity index (χ4n) is 2.06. The van der Waals surface area contributed by atoms with Gasteiger partial charge < -0.3 is 5.11 Å². The van der Waals surface area contributed by atoms with Crippen molar-refractivity contribution in [1.82, 2.24) is 0 Å². The van der Waals surface area contributed by atoms with E-state index in [-0.39, 0.29) is 0 Å². The molecule has 1 N–H and O–H groups in total. The number of rotatable bonds is 1. The first kappa shape index (κ1) is 10.4. The van der Waals surface area contributed by atoms with Crippen LogP contribution in [0.25, 0.3) is 10.8 Å². The lowest BCUT2D eigenvalue weighted by atomic mass is 10.0. The van der Waals surface area contributed by atoms with Gasteiger partial charge in [-0.2, -0.15) is 0 Å². The van der Waals surface area contributed by atoms with Crippen molar-refractivity contribution in [3.8, 4) is 5.75 Å². The summed E-state index contributed by atoms with van der Waals surface area (Å²) in [5.74, 6) is 2.79. The molecule has 1 heterocycles. The van der Waals surface area contributed by atoms with Gasteiger partial charge >= 0.3 is 0 Å². The van der Waals surface area contributed by atoms with Crippen LogP contribution in [0.3, 0.4) is 0 Å². The van der Waals surface area contributed by atoms with Crippen molar-refractivity contribution in [2.75, 3.05) is 11.5 Å². The maximum absolute atomic E-state index is 10.0. The van der Waals surface area contributed by atoms with E-state index in [2.05, 4.69) is 12.1 Å². The predicted octanol–water partition coefficient (Wildman–Crippen LogP) is 4.02. The average Bonchev–Trinajstić information content (AvgIpc) is 2.82. The Morgan fingerprint density at radius 2 is 1.75 bits per heavy atom. The van der Waals surface area contributed by atoms with Crippen molar-refractivity contribution in [2.45, 2.75) is 4.58 Å². The van der Waals surface area contributed by atoms with E-state index >= 15 is 0 Å². The zero-order valence-electron chi connectivity index (χ0n) is 8.72. The van der Waals surface area contributed by atoms with Gasteiger partial charge in [0, 0.05) is 17.1 Å². The quantitative estimate of drug-likeness (QED) is 0.823. The molecule has 1 aliphatic rings. The third-order valence-electron chi connectivity index (χ3n) is 2.81. The highest BCUT2D eigenvalue weighted by atomic mass is 32.2. The number of aromatic hydroxyl groups is 1. The number of phenols is 1. The lowest BCUT2D eigenvalue weighted by Crippen LogP contribution is -1.88. The van der Waals surface area contributed by atoms with Crippen LogP contribution < -0.4 is 0 Å². The first-order valence-corrected chi connectivity index (χ1v) is 7.40. The molecule has 82 valence electrons. The Labute approximate surface area is 103 Å². The molecule has 1 nitrogen and oxygen atoms in total. The molecular formula is C13H12OS2. The third kappa shape index (κ3) is 1.68. The molecule has 1 saturated heterocycles. The van der Waals surface area contributed by atoms with Gasteiger partial charge in [-0.3, -0.25) is 0 Å². The summed E-state index contributed by atoms with van der Waals surface area (Å²) in [6.07, 6.45) is 0. The second-order valence-electron chi connectivity index (χ2n) is 3.79. The Morgan fingerprint density at radius 3 is 2.56 bits per heavy atom. The van der Waals surface area contributed by atoms with E-state index in [1.807, 2.05) is 47.8 Å². The highest BCUT2D eigenvalue weighted by Crippen LogP contribution is 2.50. The van der Waals surface area contributed by atoms with Gasteiger partial charge in [0.15, 0.2) is 0 Å². The summed E-state index contributed by atoms with van der Waals surface area (Å²) in [5.41, 5.74) is 1.10. The number of thioether (sulfide) groups is 2. The lowest BCUT2D eigenvalue weighted by molar-refractivity contribution is 0.471. The Kier molecular flexibility index (Phi) is 2.74. The number of benzene rings is 2. The Balaban J connectivity index is 2.23. The summed E-state index contributed by atoms with van der Waals surface area (Å²) in [4.78, 5) is 0. The monoisotopic (exact) mass is 248 g/mol. The van der Waals surface area contributed by atoms with E-state index in [0.717, 1.165) is 5.56 Å². The summed E-state index contributed by atoms with van der Waals surface area (Å²) in [6.45, 7) is 0. The zero-order valence-corrected chi connectivity index (χ0v) is 10.4. The Bertz CT molecular complexity index is 518. The van der Waals surface area contributed by atoms with Crippen LogP contribution in [0.5, 0.6) is 5.75 Å². The molecule has 0 unspecified atom stereocenters. The molecule has 0 spiro atoms. The van der Waals surface area contributed by atoms with Gasteiger partial charge in [-0.25, -0.2) is 0 Å². The van der Waals surface area contributed by atoms with Crippen molar-refractivity contribution in [1.29, 1.82) is 0 Å². The minimum absolute atomic E-state index is 0.395. The van der Waals surface area contributed by atoms with Crippen LogP contribution in [0, 0.1) is 0 Å². The topological polar surface area (TPSA) is 20.2 Å². The van der Waals surface area contributed by atoms with Crippen molar-refractivity contribution in [2.24, 2.45) is 0 Å². The smallest absolute Gasteiger partial charge is 0.121 e. The molecule has 0 saturated carbocycles. The van der Waals surface area contributed by atoms with Crippen LogP contribution in [0.4, 0.5) is 0 Å². The Hall–Kier alpha value is -0.800. The molecule has 0 bridgehead atoms. The van der Waals surface area contributed by atoms with E-state index in [0.29, 0.717) is 10.3 Å². The molecule has 1 aliphatic heterocycles. The van der Waals surface area contributed by atoms with Crippen molar-refractivity contribution in [3.63, 3.8) is 0 Å². The molecule has 0 aromatic heterocycles. The predicted molar refractivity (Wildman–Crippen MR) is 73.3 cm³/mol. The minimum Gasteiger partial charge on any atom is -0.508 e. The van der Waals surface area contributed by atoms with Gasteiger partial charge in [0.1, 0.15) is 5.75 Å². The van der Waals surface area contributed by atoms with Crippen molar-refractivity contribution >= 4 is 34.3 Å². The maximum Gasteiger partial charge on any atom is 0.121 e. The van der Waals surface area contributed by atoms with Crippen LogP contribution >= 0.6 is 23.5 Å². The van der Waals surface area contributed by atoms with E-state index in [1.165, 1.54) is 22.3 Å². The maximum atomic E-state index is 10.0. The first-order valence-electron chi connectivity index (χ1n) is 5.30. The van der Waals surface area contributed by atoms with Crippen molar-refractivity contribution in [3.05, 3.63) is 42.0 Å². The first-order chi connectivity index (χ1) is 7.86. The van der Waals surface area contributed by atoms with E-state index < -0.39 is 0 Å². The van der Waals surface area contributed by atoms with Crippen LogP contribution in [0.2, 0.25) is 0 Å². The van der Waals surface area contributed by atoms with Crippen LogP contribution in [0.1, 0.15) is 10.1 Å². The molecule has 1 fully saturated rings. The number of hydrogen-bond acceptors (Lipinski definition) is 3. The highest BCUT2D eigenvalue weighted by Gasteiger charge is 2.23. The second kappa shape index (κ2) is 4.22. The summed E-state index contributed by atoms with van der Waals surface area (Å²) >= 11 is 3.85. The highest BCUT2D eigenvalue weighted by molar-refractivity contribution is 8.19. The molecule has 0 amide bonds. The number of fused-ring (bicyclic) bond motifs is 1. The standard InChI is InChI=1S/C13H12OS2/c14-11-6-5-9-3-1-2-4-10(9)12(11)13-15-7-8-16-13/h1-6,13-14H,7-8H2. The fraction of sp³-hybridized carbons (Fsp3) is 0.231. The van der Waals surface area contributed by atoms with Crippen molar-refractivity contribution < 1.29 is 5.11 Å². The van der Waals surface area contributed by atoms with E-state index in [4.69, 9.17) is 0 Å². The largest absolute Gasteiger partial charge is 0.508 e. The Morgan fingerprint density at radius 1 is 1.00 bits per heavy atom. The van der Waals surface area contributed by atoms with E-state index in [1.54, 1.807) is 0 Å². The molecule has 2 aromatic carbocycles. The molecule has 0 aliphatic carbocycles. The third-order valence-corrected chi connectivity index (χ3v) is 5.84. The van der Waals surface area contributed by atoms with Gasteiger partial charge in [0.25, 0.3) is 0 Å². The normalized spacial score (nSPS) is 17.0. The summed E-state index contributed by atoms with van der Waals surface area (Å²) in [7, 11) is 0. The van der Waals surface area contributed by atoms with Crippen LogP contribution in [-0.4, -0.2) is 16.6 Å². The minimum atomic E-state index is 0.395. The molecule has 3 rings (SSSR count). The van der Waals surface area contributed by atoms with Crippen LogP contribution in [0.15, 0.2) is 36.4 Å². The molecule has 3 heteroatoms. The second-order valence-corrected chi connectivity index (χ2v) is 6.52. The molecular weight excluding hydrogens is 236 g/mol.